The normalized spacial score (nSPS) is 20.1. The van der Waals surface area contributed by atoms with Crippen molar-refractivity contribution in [2.45, 2.75) is 45.9 Å². The summed E-state index contributed by atoms with van der Waals surface area (Å²) in [6.45, 7) is 7.13. The zero-order valence-electron chi connectivity index (χ0n) is 13.7. The summed E-state index contributed by atoms with van der Waals surface area (Å²) in [6, 6.07) is 3.85. The van der Waals surface area contributed by atoms with Crippen LogP contribution in [0.2, 0.25) is 0 Å². The van der Waals surface area contributed by atoms with Crippen LogP contribution in [0.4, 0.5) is 0 Å². The van der Waals surface area contributed by atoms with Gasteiger partial charge in [-0.15, -0.1) is 0 Å². The van der Waals surface area contributed by atoms with Gasteiger partial charge in [-0.3, -0.25) is 14.9 Å². The molecule has 3 rings (SSSR count). The Bertz CT molecular complexity index is 683. The predicted octanol–water partition coefficient (Wildman–Crippen LogP) is 2.49. The van der Waals surface area contributed by atoms with Gasteiger partial charge < -0.3 is 9.64 Å². The third kappa shape index (κ3) is 3.12. The zero-order valence-corrected chi connectivity index (χ0v) is 13.7. The fraction of sp³-hybridized carbons (Fsp3) is 0.471. The van der Waals surface area contributed by atoms with E-state index in [9.17, 15) is 4.79 Å². The molecule has 0 unspecified atom stereocenters. The van der Waals surface area contributed by atoms with Crippen molar-refractivity contribution >= 4 is 5.91 Å². The van der Waals surface area contributed by atoms with E-state index in [2.05, 4.69) is 15.2 Å². The molecular weight excluding hydrogens is 292 g/mol. The maximum atomic E-state index is 12.9. The number of ether oxygens (including phenoxy) is 1. The van der Waals surface area contributed by atoms with Crippen molar-refractivity contribution in [3.63, 3.8) is 0 Å². The van der Waals surface area contributed by atoms with Crippen LogP contribution >= 0.6 is 0 Å². The van der Waals surface area contributed by atoms with Crippen molar-refractivity contribution in [1.29, 1.82) is 0 Å². The van der Waals surface area contributed by atoms with Crippen molar-refractivity contribution in [2.24, 2.45) is 0 Å². The Hall–Kier alpha value is -2.21. The molecule has 0 bridgehead atoms. The van der Waals surface area contributed by atoms with Gasteiger partial charge in [-0.25, -0.2) is 0 Å². The van der Waals surface area contributed by atoms with E-state index < -0.39 is 0 Å². The molecule has 0 aliphatic carbocycles. The minimum Gasteiger partial charge on any atom is -0.369 e. The van der Waals surface area contributed by atoms with Crippen LogP contribution in [-0.2, 0) is 17.7 Å². The predicted molar refractivity (Wildman–Crippen MR) is 85.9 cm³/mol. The van der Waals surface area contributed by atoms with Crippen LogP contribution in [0, 0.1) is 0 Å². The van der Waals surface area contributed by atoms with E-state index >= 15 is 0 Å². The fourth-order valence-corrected chi connectivity index (χ4v) is 3.04. The number of carbonyl (C=O) groups is 1. The molecule has 0 saturated heterocycles. The number of nitrogens with zero attached hydrogens (tertiary/aromatic N) is 3. The molecule has 6 nitrogen and oxygen atoms in total. The second kappa shape index (κ2) is 6.50. The Kier molecular flexibility index (Phi) is 4.43. The van der Waals surface area contributed by atoms with Crippen LogP contribution in [0.15, 0.2) is 24.5 Å². The molecule has 1 N–H and O–H groups in total. The molecule has 2 atom stereocenters. The molecule has 1 aliphatic heterocycles. The van der Waals surface area contributed by atoms with E-state index in [0.717, 1.165) is 16.8 Å². The van der Waals surface area contributed by atoms with Crippen LogP contribution in [0.1, 0.15) is 54.2 Å². The molecule has 1 amide bonds. The van der Waals surface area contributed by atoms with Crippen molar-refractivity contribution in [3.8, 4) is 0 Å². The highest BCUT2D eigenvalue weighted by atomic mass is 16.5. The molecular formula is C17H22N4O2. The van der Waals surface area contributed by atoms with Crippen LogP contribution in [0.5, 0.6) is 0 Å². The van der Waals surface area contributed by atoms with Crippen molar-refractivity contribution in [3.05, 3.63) is 47.0 Å². The van der Waals surface area contributed by atoms with Gasteiger partial charge in [-0.05, 0) is 32.4 Å². The Morgan fingerprint density at radius 3 is 3.00 bits per heavy atom. The first-order valence-electron chi connectivity index (χ1n) is 8.01. The van der Waals surface area contributed by atoms with Crippen LogP contribution in [0.3, 0.4) is 0 Å². The van der Waals surface area contributed by atoms with E-state index in [0.29, 0.717) is 25.2 Å². The van der Waals surface area contributed by atoms with Gasteiger partial charge in [-0.2, -0.15) is 5.10 Å². The summed E-state index contributed by atoms with van der Waals surface area (Å²) in [4.78, 5) is 18.8. The molecule has 0 saturated carbocycles. The van der Waals surface area contributed by atoms with Gasteiger partial charge in [0.05, 0.1) is 17.9 Å². The first-order valence-corrected chi connectivity index (χ1v) is 8.01. The Morgan fingerprint density at radius 1 is 1.48 bits per heavy atom. The van der Waals surface area contributed by atoms with Gasteiger partial charge in [0.15, 0.2) is 5.69 Å². The topological polar surface area (TPSA) is 71.1 Å². The lowest BCUT2D eigenvalue weighted by Gasteiger charge is -2.26. The molecule has 0 fully saturated rings. The van der Waals surface area contributed by atoms with Gasteiger partial charge in [0.25, 0.3) is 5.91 Å². The second-order valence-corrected chi connectivity index (χ2v) is 5.94. The van der Waals surface area contributed by atoms with Crippen molar-refractivity contribution in [1.82, 2.24) is 20.1 Å². The third-order valence-corrected chi connectivity index (χ3v) is 4.20. The average molecular weight is 314 g/mol. The fourth-order valence-electron chi connectivity index (χ4n) is 3.04. The van der Waals surface area contributed by atoms with Crippen molar-refractivity contribution < 1.29 is 9.53 Å². The van der Waals surface area contributed by atoms with E-state index in [1.165, 1.54) is 0 Å². The quantitative estimate of drug-likeness (QED) is 0.941. The van der Waals surface area contributed by atoms with E-state index in [4.69, 9.17) is 4.74 Å². The second-order valence-electron chi connectivity index (χ2n) is 5.94. The number of H-pyrrole nitrogens is 1. The monoisotopic (exact) mass is 314 g/mol. The van der Waals surface area contributed by atoms with Crippen molar-refractivity contribution in [2.75, 3.05) is 6.54 Å². The number of hydrogen-bond acceptors (Lipinski definition) is 4. The van der Waals surface area contributed by atoms with Gasteiger partial charge in [0.1, 0.15) is 0 Å². The largest absolute Gasteiger partial charge is 0.369 e. The smallest absolute Gasteiger partial charge is 0.274 e. The highest BCUT2D eigenvalue weighted by Gasteiger charge is 2.31. The molecule has 122 valence electrons. The number of carbonyl (C=O) groups excluding carboxylic acids is 1. The number of aromatic nitrogens is 3. The standard InChI is InChI=1S/C17H22N4O2/c1-4-21(10-13-6-5-7-18-9-13)17(22)16-14-8-11(2)23-12(3)15(14)19-20-16/h5-7,9,11-12H,4,8,10H2,1-3H3,(H,19,20)/t11-,12+/m0/s1. The number of hydrogen-bond donors (Lipinski definition) is 1. The van der Waals surface area contributed by atoms with E-state index in [1.54, 1.807) is 17.3 Å². The van der Waals surface area contributed by atoms with Gasteiger partial charge in [0.2, 0.25) is 0 Å². The summed E-state index contributed by atoms with van der Waals surface area (Å²) < 4.78 is 5.78. The van der Waals surface area contributed by atoms with Crippen LogP contribution in [-0.4, -0.2) is 38.6 Å². The zero-order chi connectivity index (χ0) is 16.4. The molecule has 6 heteroatoms. The summed E-state index contributed by atoms with van der Waals surface area (Å²) in [7, 11) is 0. The highest BCUT2D eigenvalue weighted by Crippen LogP contribution is 2.30. The number of amides is 1. The third-order valence-electron chi connectivity index (χ3n) is 4.20. The maximum absolute atomic E-state index is 12.9. The summed E-state index contributed by atoms with van der Waals surface area (Å²) in [5.74, 6) is -0.0462. The van der Waals surface area contributed by atoms with Crippen LogP contribution in [0.25, 0.3) is 0 Å². The van der Waals surface area contributed by atoms with E-state index in [1.807, 2.05) is 32.9 Å². The number of rotatable bonds is 4. The number of pyridine rings is 1. The maximum Gasteiger partial charge on any atom is 0.274 e. The lowest BCUT2D eigenvalue weighted by Crippen LogP contribution is -2.32. The number of aromatic amines is 1. The van der Waals surface area contributed by atoms with Gasteiger partial charge in [-0.1, -0.05) is 6.07 Å². The number of fused-ring (bicyclic) bond motifs is 1. The summed E-state index contributed by atoms with van der Waals surface area (Å²) >= 11 is 0. The minimum absolute atomic E-state index is 0.0462. The summed E-state index contributed by atoms with van der Waals surface area (Å²) in [6.07, 6.45) is 4.26. The molecule has 2 aromatic rings. The SMILES string of the molecule is CCN(Cc1cccnc1)C(=O)c1n[nH]c2c1C[C@H](C)O[C@@H]2C. The highest BCUT2D eigenvalue weighted by molar-refractivity contribution is 5.94. The molecule has 0 radical (unpaired) electrons. The molecule has 2 aromatic heterocycles. The lowest BCUT2D eigenvalue weighted by molar-refractivity contribution is -0.00702. The lowest BCUT2D eigenvalue weighted by atomic mass is 9.99. The Morgan fingerprint density at radius 2 is 2.30 bits per heavy atom. The minimum atomic E-state index is -0.0591. The molecule has 0 spiro atoms. The molecule has 3 heterocycles. The van der Waals surface area contributed by atoms with Gasteiger partial charge in [0, 0.05) is 37.5 Å². The van der Waals surface area contributed by atoms with Crippen LogP contribution < -0.4 is 0 Å². The molecule has 0 aromatic carbocycles. The van der Waals surface area contributed by atoms with Gasteiger partial charge >= 0.3 is 0 Å². The summed E-state index contributed by atoms with van der Waals surface area (Å²) in [5, 5.41) is 7.27. The Labute approximate surface area is 135 Å². The summed E-state index contributed by atoms with van der Waals surface area (Å²) in [5.41, 5.74) is 3.44. The first-order chi connectivity index (χ1) is 11.1. The first kappa shape index (κ1) is 15.7. The number of nitrogens with one attached hydrogen (secondary N) is 1. The average Bonchev–Trinajstić information content (AvgIpc) is 2.97. The molecule has 1 aliphatic rings. The molecule has 23 heavy (non-hydrogen) atoms. The van der Waals surface area contributed by atoms with E-state index in [-0.39, 0.29) is 18.1 Å². The Balaban J connectivity index is 1.85.